The lowest BCUT2D eigenvalue weighted by molar-refractivity contribution is -0.136. The van der Waals surface area contributed by atoms with Gasteiger partial charge in [-0.25, -0.2) is 0 Å². The monoisotopic (exact) mass is 328 g/mol. The van der Waals surface area contributed by atoms with E-state index < -0.39 is 0 Å². The Balaban J connectivity index is 2.12. The molecule has 0 bridgehead atoms. The Hall–Kier alpha value is -0.770. The van der Waals surface area contributed by atoms with Gasteiger partial charge in [-0.3, -0.25) is 4.79 Å². The largest absolute Gasteiger partial charge is 0.335 e. The number of nitrogens with two attached hydrogens (primary N) is 1. The Morgan fingerprint density at radius 3 is 2.86 bits per heavy atom. The van der Waals surface area contributed by atoms with Crippen molar-refractivity contribution in [1.82, 2.24) is 4.90 Å². The van der Waals surface area contributed by atoms with Crippen LogP contribution in [-0.4, -0.2) is 23.9 Å². The number of hydrogen-bond donors (Lipinski definition) is 1. The van der Waals surface area contributed by atoms with Gasteiger partial charge >= 0.3 is 0 Å². The van der Waals surface area contributed by atoms with Crippen molar-refractivity contribution < 1.29 is 4.79 Å². The van der Waals surface area contributed by atoms with E-state index in [1.807, 2.05) is 24.0 Å². The molecule has 2 N–H and O–H groups in total. The number of nitrogens with zero attached hydrogens (tertiary/aromatic N) is 1. The number of halogens is 2. The van der Waals surface area contributed by atoms with Gasteiger partial charge in [-0.1, -0.05) is 36.2 Å². The third-order valence-electron chi connectivity index (χ3n) is 4.13. The van der Waals surface area contributed by atoms with Crippen LogP contribution >= 0.6 is 23.2 Å². The van der Waals surface area contributed by atoms with E-state index in [1.54, 1.807) is 6.07 Å². The van der Waals surface area contributed by atoms with E-state index >= 15 is 0 Å². The zero-order valence-corrected chi connectivity index (χ0v) is 13.8. The van der Waals surface area contributed by atoms with Crippen LogP contribution in [0.3, 0.4) is 0 Å². The molecule has 0 spiro atoms. The van der Waals surface area contributed by atoms with Gasteiger partial charge < -0.3 is 10.6 Å². The zero-order valence-electron chi connectivity index (χ0n) is 12.3. The molecular formula is C16H22Cl2N2O. The number of carbonyl (C=O) groups excluding carboxylic acids is 1. The number of carbonyl (C=O) groups is 1. The van der Waals surface area contributed by atoms with E-state index in [9.17, 15) is 4.79 Å². The summed E-state index contributed by atoms with van der Waals surface area (Å²) in [6, 6.07) is 5.77. The molecule has 0 aliphatic carbocycles. The van der Waals surface area contributed by atoms with E-state index in [2.05, 4.69) is 0 Å². The molecular weight excluding hydrogens is 307 g/mol. The van der Waals surface area contributed by atoms with E-state index in [0.29, 0.717) is 16.6 Å². The summed E-state index contributed by atoms with van der Waals surface area (Å²) in [6.45, 7) is 3.44. The molecule has 1 heterocycles. The summed E-state index contributed by atoms with van der Waals surface area (Å²) < 4.78 is 0. The van der Waals surface area contributed by atoms with Crippen LogP contribution in [0, 0.1) is 5.92 Å². The lowest BCUT2D eigenvalue weighted by atomic mass is 10.0. The molecule has 3 nitrogen and oxygen atoms in total. The Labute approximate surface area is 136 Å². The third-order valence-corrected chi connectivity index (χ3v) is 4.87. The summed E-state index contributed by atoms with van der Waals surface area (Å²) in [5, 5.41) is 1.09. The first kappa shape index (κ1) is 16.6. The van der Waals surface area contributed by atoms with Crippen molar-refractivity contribution in [2.75, 3.05) is 13.1 Å². The molecule has 2 unspecified atom stereocenters. The predicted molar refractivity (Wildman–Crippen MR) is 87.6 cm³/mol. The van der Waals surface area contributed by atoms with Crippen LogP contribution in [0.5, 0.6) is 0 Å². The molecule has 2 atom stereocenters. The van der Waals surface area contributed by atoms with Crippen molar-refractivity contribution in [2.24, 2.45) is 11.7 Å². The average molecular weight is 329 g/mol. The minimum Gasteiger partial charge on any atom is -0.335 e. The predicted octanol–water partition coefficient (Wildman–Crippen LogP) is 4.03. The Bertz CT molecular complexity index is 507. The van der Waals surface area contributed by atoms with Gasteiger partial charge in [-0.2, -0.15) is 0 Å². The molecule has 5 heteroatoms. The van der Waals surface area contributed by atoms with Crippen molar-refractivity contribution in [3.05, 3.63) is 33.8 Å². The van der Waals surface area contributed by atoms with E-state index in [0.717, 1.165) is 37.8 Å². The molecule has 116 valence electrons. The summed E-state index contributed by atoms with van der Waals surface area (Å²) in [4.78, 5) is 14.6. The van der Waals surface area contributed by atoms with E-state index in [1.165, 1.54) is 0 Å². The number of benzene rings is 1. The maximum absolute atomic E-state index is 12.6. The van der Waals surface area contributed by atoms with Gasteiger partial charge in [0, 0.05) is 12.5 Å². The normalized spacial score (nSPS) is 19.8. The molecule has 1 aliphatic heterocycles. The van der Waals surface area contributed by atoms with Gasteiger partial charge in [0.25, 0.3) is 0 Å². The number of hydrogen-bond acceptors (Lipinski definition) is 2. The fraction of sp³-hybridized carbons (Fsp3) is 0.562. The van der Waals surface area contributed by atoms with Gasteiger partial charge in [-0.05, 0) is 49.9 Å². The van der Waals surface area contributed by atoms with Crippen LogP contribution < -0.4 is 5.73 Å². The maximum atomic E-state index is 12.6. The fourth-order valence-corrected chi connectivity index (χ4v) is 3.23. The van der Waals surface area contributed by atoms with Crippen molar-refractivity contribution in [3.8, 4) is 0 Å². The molecule has 0 radical (unpaired) electrons. The molecule has 1 fully saturated rings. The minimum atomic E-state index is 0.0249. The smallest absolute Gasteiger partial charge is 0.225 e. The maximum Gasteiger partial charge on any atom is 0.225 e. The summed E-state index contributed by atoms with van der Waals surface area (Å²) in [6.07, 6.45) is 3.74. The van der Waals surface area contributed by atoms with Crippen molar-refractivity contribution in [2.45, 2.75) is 38.6 Å². The highest BCUT2D eigenvalue weighted by atomic mass is 35.5. The van der Waals surface area contributed by atoms with Crippen molar-refractivity contribution in [1.29, 1.82) is 0 Å². The van der Waals surface area contributed by atoms with Gasteiger partial charge in [0.2, 0.25) is 5.91 Å². The van der Waals surface area contributed by atoms with Crippen LogP contribution in [0.15, 0.2) is 18.2 Å². The molecule has 0 aromatic heterocycles. The molecule has 1 aliphatic rings. The van der Waals surface area contributed by atoms with Crippen LogP contribution in [0.4, 0.5) is 0 Å². The number of rotatable bonds is 5. The van der Waals surface area contributed by atoms with Crippen LogP contribution in [0.2, 0.25) is 10.0 Å². The first-order chi connectivity index (χ1) is 10.0. The summed E-state index contributed by atoms with van der Waals surface area (Å²) >= 11 is 12.1. The number of amides is 1. The highest BCUT2D eigenvalue weighted by molar-refractivity contribution is 6.42. The Morgan fingerprint density at radius 1 is 1.43 bits per heavy atom. The highest BCUT2D eigenvalue weighted by Crippen LogP contribution is 2.36. The second-order valence-electron chi connectivity index (χ2n) is 5.70. The van der Waals surface area contributed by atoms with Crippen LogP contribution in [-0.2, 0) is 4.79 Å². The first-order valence-corrected chi connectivity index (χ1v) is 8.25. The van der Waals surface area contributed by atoms with Gasteiger partial charge in [0.1, 0.15) is 0 Å². The van der Waals surface area contributed by atoms with Crippen LogP contribution in [0.1, 0.15) is 44.2 Å². The van der Waals surface area contributed by atoms with Crippen LogP contribution in [0.25, 0.3) is 0 Å². The third kappa shape index (κ3) is 3.91. The molecule has 1 amide bonds. The lowest BCUT2D eigenvalue weighted by Crippen LogP contribution is -2.35. The van der Waals surface area contributed by atoms with Crippen molar-refractivity contribution in [3.63, 3.8) is 0 Å². The van der Waals surface area contributed by atoms with Gasteiger partial charge in [0.15, 0.2) is 0 Å². The lowest BCUT2D eigenvalue weighted by Gasteiger charge is -2.28. The van der Waals surface area contributed by atoms with Gasteiger partial charge in [0.05, 0.1) is 16.1 Å². The van der Waals surface area contributed by atoms with E-state index in [-0.39, 0.29) is 17.9 Å². The second-order valence-corrected chi connectivity index (χ2v) is 6.51. The second kappa shape index (κ2) is 7.48. The molecule has 0 saturated carbocycles. The fourth-order valence-electron chi connectivity index (χ4n) is 2.93. The summed E-state index contributed by atoms with van der Waals surface area (Å²) in [7, 11) is 0. The SMILES string of the molecule is CC(CCCN)C(=O)N1CCCC1c1ccc(Cl)c(Cl)c1. The highest BCUT2D eigenvalue weighted by Gasteiger charge is 2.32. The minimum absolute atomic E-state index is 0.0249. The topological polar surface area (TPSA) is 46.3 Å². The quantitative estimate of drug-likeness (QED) is 0.886. The average Bonchev–Trinajstić information content (AvgIpc) is 2.96. The molecule has 2 rings (SSSR count). The standard InChI is InChI=1S/C16H22Cl2N2O/c1-11(4-2-8-19)16(21)20-9-3-5-15(20)12-6-7-13(17)14(18)10-12/h6-7,10-11,15H,2-5,8-9,19H2,1H3. The zero-order chi connectivity index (χ0) is 15.4. The molecule has 1 aromatic carbocycles. The Morgan fingerprint density at radius 2 is 2.19 bits per heavy atom. The van der Waals surface area contributed by atoms with Crippen molar-refractivity contribution >= 4 is 29.1 Å². The Kier molecular flexibility index (Phi) is 5.91. The first-order valence-electron chi connectivity index (χ1n) is 7.50. The molecule has 1 saturated heterocycles. The van der Waals surface area contributed by atoms with E-state index in [4.69, 9.17) is 28.9 Å². The summed E-state index contributed by atoms with van der Waals surface area (Å²) in [5.41, 5.74) is 6.60. The molecule has 21 heavy (non-hydrogen) atoms. The summed E-state index contributed by atoms with van der Waals surface area (Å²) in [5.74, 6) is 0.244. The van der Waals surface area contributed by atoms with Gasteiger partial charge in [-0.15, -0.1) is 0 Å². The number of likely N-dealkylation sites (tertiary alicyclic amines) is 1. The molecule has 1 aromatic rings.